The van der Waals surface area contributed by atoms with Crippen LogP contribution in [0.1, 0.15) is 30.2 Å². The van der Waals surface area contributed by atoms with Crippen LogP contribution in [0.4, 0.5) is 0 Å². The molecule has 32 heavy (non-hydrogen) atoms. The Morgan fingerprint density at radius 1 is 1.16 bits per heavy atom. The number of carbonyl (C=O) groups is 2. The van der Waals surface area contributed by atoms with Crippen molar-refractivity contribution in [2.45, 2.75) is 32.6 Å². The maximum Gasteiger partial charge on any atom is 0.371 e. The van der Waals surface area contributed by atoms with E-state index in [-0.39, 0.29) is 17.6 Å². The number of carbonyl (C=O) groups excluding carboxylic acids is 1. The van der Waals surface area contributed by atoms with Gasteiger partial charge in [0.1, 0.15) is 22.8 Å². The van der Waals surface area contributed by atoms with Crippen LogP contribution in [0.25, 0.3) is 11.0 Å². The SMILES string of the molecule is CCc1cc(=O)c2c(CCCOc3cccc4c3CC(=O)C=C(C(=O)O)O4)cccc2o1. The molecule has 1 aliphatic rings. The molecule has 0 spiro atoms. The second kappa shape index (κ2) is 9.09. The Bertz CT molecular complexity index is 1280. The Morgan fingerprint density at radius 3 is 2.75 bits per heavy atom. The quantitative estimate of drug-likeness (QED) is 0.564. The molecular formula is C25H22O7. The smallest absolute Gasteiger partial charge is 0.371 e. The normalized spacial score (nSPS) is 13.2. The van der Waals surface area contributed by atoms with Crippen molar-refractivity contribution in [3.05, 3.63) is 81.4 Å². The topological polar surface area (TPSA) is 103 Å². The van der Waals surface area contributed by atoms with Gasteiger partial charge in [-0.1, -0.05) is 25.1 Å². The molecule has 0 radical (unpaired) electrons. The highest BCUT2D eigenvalue weighted by molar-refractivity contribution is 6.00. The van der Waals surface area contributed by atoms with Crippen molar-refractivity contribution in [3.8, 4) is 11.5 Å². The summed E-state index contributed by atoms with van der Waals surface area (Å²) in [5, 5.41) is 9.76. The first-order valence-electron chi connectivity index (χ1n) is 10.4. The molecular weight excluding hydrogens is 412 g/mol. The highest BCUT2D eigenvalue weighted by Crippen LogP contribution is 2.32. The minimum atomic E-state index is -1.30. The van der Waals surface area contributed by atoms with E-state index >= 15 is 0 Å². The molecule has 2 aromatic carbocycles. The predicted octanol–water partition coefficient (Wildman–Crippen LogP) is 3.84. The maximum absolute atomic E-state index is 12.5. The summed E-state index contributed by atoms with van der Waals surface area (Å²) in [7, 11) is 0. The molecule has 1 N–H and O–H groups in total. The maximum atomic E-state index is 12.5. The second-order valence-corrected chi connectivity index (χ2v) is 7.46. The molecule has 2 heterocycles. The number of carboxylic acids is 1. The monoisotopic (exact) mass is 434 g/mol. The van der Waals surface area contributed by atoms with Crippen molar-refractivity contribution in [2.24, 2.45) is 0 Å². The Balaban J connectivity index is 1.47. The summed E-state index contributed by atoms with van der Waals surface area (Å²) in [5.41, 5.74) is 1.94. The molecule has 0 fully saturated rings. The summed E-state index contributed by atoms with van der Waals surface area (Å²) in [6.07, 6.45) is 2.88. The van der Waals surface area contributed by atoms with Gasteiger partial charge >= 0.3 is 5.97 Å². The molecule has 164 valence electrons. The number of ether oxygens (including phenoxy) is 2. The van der Waals surface area contributed by atoms with Crippen molar-refractivity contribution in [1.29, 1.82) is 0 Å². The van der Waals surface area contributed by atoms with Crippen LogP contribution in [0.5, 0.6) is 11.5 Å². The first kappa shape index (κ1) is 21.4. The highest BCUT2D eigenvalue weighted by Gasteiger charge is 2.23. The van der Waals surface area contributed by atoms with Gasteiger partial charge in [-0.05, 0) is 36.6 Å². The Morgan fingerprint density at radius 2 is 1.97 bits per heavy atom. The van der Waals surface area contributed by atoms with Crippen LogP contribution in [0, 0.1) is 0 Å². The van der Waals surface area contributed by atoms with Crippen molar-refractivity contribution in [3.63, 3.8) is 0 Å². The lowest BCUT2D eigenvalue weighted by Crippen LogP contribution is -2.08. The van der Waals surface area contributed by atoms with Crippen LogP contribution in [-0.4, -0.2) is 23.5 Å². The standard InChI is InChI=1S/C25H22O7/c1-2-17-14-19(27)24-15(6-3-10-22(24)31-17)7-5-11-30-20-8-4-9-21-18(20)12-16(26)13-23(32-21)25(28)29/h3-4,6,8-10,13-14H,2,5,7,11-12H2,1H3,(H,28,29). The number of aryl methyl sites for hydroxylation is 2. The molecule has 7 nitrogen and oxygen atoms in total. The summed E-state index contributed by atoms with van der Waals surface area (Å²) in [4.78, 5) is 35.9. The lowest BCUT2D eigenvalue weighted by molar-refractivity contribution is -0.135. The highest BCUT2D eigenvalue weighted by atomic mass is 16.5. The molecule has 1 aliphatic heterocycles. The van der Waals surface area contributed by atoms with Crippen molar-refractivity contribution < 1.29 is 28.6 Å². The van der Waals surface area contributed by atoms with E-state index in [0.717, 1.165) is 11.6 Å². The number of fused-ring (bicyclic) bond motifs is 2. The van der Waals surface area contributed by atoms with E-state index in [9.17, 15) is 19.5 Å². The zero-order chi connectivity index (χ0) is 22.7. The Kier molecular flexibility index (Phi) is 6.07. The second-order valence-electron chi connectivity index (χ2n) is 7.46. The van der Waals surface area contributed by atoms with Crippen molar-refractivity contribution in [1.82, 2.24) is 0 Å². The van der Waals surface area contributed by atoms with Crippen LogP contribution in [-0.2, 0) is 28.9 Å². The summed E-state index contributed by atoms with van der Waals surface area (Å²) in [6, 6.07) is 12.1. The van der Waals surface area contributed by atoms with E-state index in [1.54, 1.807) is 24.3 Å². The molecule has 4 rings (SSSR count). The Hall–Kier alpha value is -3.87. The third kappa shape index (κ3) is 4.42. The van der Waals surface area contributed by atoms with E-state index in [1.807, 2.05) is 19.1 Å². The molecule has 7 heteroatoms. The molecule has 0 saturated carbocycles. The van der Waals surface area contributed by atoms with Crippen LogP contribution < -0.4 is 14.9 Å². The summed E-state index contributed by atoms with van der Waals surface area (Å²) in [5.74, 6) is -0.660. The van der Waals surface area contributed by atoms with Crippen LogP contribution >= 0.6 is 0 Å². The summed E-state index contributed by atoms with van der Waals surface area (Å²) in [6.45, 7) is 2.28. The molecule has 0 amide bonds. The lowest BCUT2D eigenvalue weighted by atomic mass is 10.0. The van der Waals surface area contributed by atoms with Gasteiger partial charge in [0, 0.05) is 30.5 Å². The third-order valence-corrected chi connectivity index (χ3v) is 5.25. The minimum Gasteiger partial charge on any atom is -0.493 e. The molecule has 3 aromatic rings. The molecule has 0 aliphatic carbocycles. The van der Waals surface area contributed by atoms with Crippen LogP contribution in [0.3, 0.4) is 0 Å². The zero-order valence-electron chi connectivity index (χ0n) is 17.6. The molecule has 0 atom stereocenters. The number of ketones is 1. The van der Waals surface area contributed by atoms with Crippen LogP contribution in [0.15, 0.2) is 63.5 Å². The average Bonchev–Trinajstić information content (AvgIpc) is 2.95. The van der Waals surface area contributed by atoms with E-state index in [1.165, 1.54) is 6.07 Å². The lowest BCUT2D eigenvalue weighted by Gasteiger charge is -2.14. The summed E-state index contributed by atoms with van der Waals surface area (Å²) < 4.78 is 17.1. The van der Waals surface area contributed by atoms with Gasteiger partial charge in [0.25, 0.3) is 0 Å². The average molecular weight is 434 g/mol. The number of hydrogen-bond acceptors (Lipinski definition) is 6. The van der Waals surface area contributed by atoms with Gasteiger partial charge in [0.15, 0.2) is 11.2 Å². The predicted molar refractivity (Wildman–Crippen MR) is 117 cm³/mol. The van der Waals surface area contributed by atoms with E-state index in [0.29, 0.717) is 59.7 Å². The third-order valence-electron chi connectivity index (χ3n) is 5.25. The number of benzene rings is 2. The molecule has 0 saturated heterocycles. The van der Waals surface area contributed by atoms with Crippen molar-refractivity contribution >= 4 is 22.7 Å². The molecule has 1 aromatic heterocycles. The first-order chi connectivity index (χ1) is 15.5. The van der Waals surface area contributed by atoms with Gasteiger partial charge in [-0.15, -0.1) is 0 Å². The van der Waals surface area contributed by atoms with Gasteiger partial charge in [0.2, 0.25) is 5.76 Å². The minimum absolute atomic E-state index is 0.00752. The van der Waals surface area contributed by atoms with E-state index in [4.69, 9.17) is 13.9 Å². The first-order valence-corrected chi connectivity index (χ1v) is 10.4. The largest absolute Gasteiger partial charge is 0.493 e. The van der Waals surface area contributed by atoms with Gasteiger partial charge in [-0.2, -0.15) is 0 Å². The molecule has 0 unspecified atom stereocenters. The van der Waals surface area contributed by atoms with Gasteiger partial charge < -0.3 is 19.0 Å². The van der Waals surface area contributed by atoms with E-state index in [2.05, 4.69) is 0 Å². The number of carboxylic acid groups (broad SMARTS) is 1. The number of hydrogen-bond donors (Lipinski definition) is 1. The van der Waals surface area contributed by atoms with Gasteiger partial charge in [-0.25, -0.2) is 4.79 Å². The zero-order valence-corrected chi connectivity index (χ0v) is 17.6. The number of rotatable bonds is 7. The molecule has 0 bridgehead atoms. The van der Waals surface area contributed by atoms with E-state index < -0.39 is 11.7 Å². The Labute approximate surface area is 183 Å². The van der Waals surface area contributed by atoms with Gasteiger partial charge in [-0.3, -0.25) is 9.59 Å². The number of aliphatic carboxylic acids is 1. The van der Waals surface area contributed by atoms with Crippen LogP contribution in [0.2, 0.25) is 0 Å². The van der Waals surface area contributed by atoms with Gasteiger partial charge in [0.05, 0.1) is 12.0 Å². The number of allylic oxidation sites excluding steroid dienone is 1. The summed E-state index contributed by atoms with van der Waals surface area (Å²) >= 11 is 0. The fraction of sp³-hybridized carbons (Fsp3) is 0.240. The fourth-order valence-corrected chi connectivity index (χ4v) is 3.73. The van der Waals surface area contributed by atoms with Crippen molar-refractivity contribution in [2.75, 3.05) is 6.61 Å². The fourth-order valence-electron chi connectivity index (χ4n) is 3.73.